The lowest BCUT2D eigenvalue weighted by molar-refractivity contribution is 0.210. The van der Waals surface area contributed by atoms with Crippen LogP contribution in [-0.2, 0) is 0 Å². The molecule has 2 heteroatoms. The molecule has 0 aliphatic carbocycles. The van der Waals surface area contributed by atoms with Gasteiger partial charge >= 0.3 is 0 Å². The Kier molecular flexibility index (Phi) is 6.20. The minimum absolute atomic E-state index is 0.192. The molecule has 2 nitrogen and oxygen atoms in total. The molecule has 0 aliphatic rings. The fourth-order valence-electron chi connectivity index (χ4n) is 1.87. The number of rotatable bonds is 7. The van der Waals surface area contributed by atoms with Crippen molar-refractivity contribution in [2.75, 3.05) is 6.54 Å². The average molecular weight is 249 g/mol. The molecule has 0 aromatic heterocycles. The first-order valence-electron chi connectivity index (χ1n) is 7.03. The molecule has 102 valence electrons. The standard InChI is InChI=1S/C16H27NO/c1-6-13(4)15-9-7-8-10-16(15)18-14(5)11-17-12(2)3/h7-10,12-14,17H,6,11H2,1-5H3. The van der Waals surface area contributed by atoms with Crippen molar-refractivity contribution in [1.29, 1.82) is 0 Å². The lowest BCUT2D eigenvalue weighted by Crippen LogP contribution is -2.33. The normalized spacial score (nSPS) is 14.6. The quantitative estimate of drug-likeness (QED) is 0.789. The van der Waals surface area contributed by atoms with Gasteiger partial charge in [-0.25, -0.2) is 0 Å². The molecular formula is C16H27NO. The van der Waals surface area contributed by atoms with E-state index in [0.29, 0.717) is 12.0 Å². The van der Waals surface area contributed by atoms with Crippen LogP contribution in [0.2, 0.25) is 0 Å². The summed E-state index contributed by atoms with van der Waals surface area (Å²) in [6, 6.07) is 8.88. The summed E-state index contributed by atoms with van der Waals surface area (Å²) in [4.78, 5) is 0. The van der Waals surface area contributed by atoms with E-state index < -0.39 is 0 Å². The minimum atomic E-state index is 0.192. The van der Waals surface area contributed by atoms with Gasteiger partial charge in [0.2, 0.25) is 0 Å². The van der Waals surface area contributed by atoms with Gasteiger partial charge in [-0.2, -0.15) is 0 Å². The summed E-state index contributed by atoms with van der Waals surface area (Å²) in [5.41, 5.74) is 1.32. The van der Waals surface area contributed by atoms with Crippen molar-refractivity contribution in [2.45, 2.75) is 59.1 Å². The number of para-hydroxylation sites is 1. The highest BCUT2D eigenvalue weighted by molar-refractivity contribution is 5.36. The van der Waals surface area contributed by atoms with Crippen LogP contribution in [0.5, 0.6) is 5.75 Å². The van der Waals surface area contributed by atoms with Crippen LogP contribution in [0, 0.1) is 0 Å². The van der Waals surface area contributed by atoms with Crippen LogP contribution in [0.3, 0.4) is 0 Å². The molecule has 2 unspecified atom stereocenters. The molecule has 0 amide bonds. The van der Waals surface area contributed by atoms with Crippen LogP contribution < -0.4 is 10.1 Å². The van der Waals surface area contributed by atoms with Gasteiger partial charge in [0.15, 0.2) is 0 Å². The molecule has 0 bridgehead atoms. The molecule has 1 rings (SSSR count). The highest BCUT2D eigenvalue weighted by Gasteiger charge is 2.12. The molecule has 1 aromatic rings. The first-order valence-corrected chi connectivity index (χ1v) is 7.03. The number of nitrogens with one attached hydrogen (secondary N) is 1. The maximum Gasteiger partial charge on any atom is 0.123 e. The van der Waals surface area contributed by atoms with Crippen LogP contribution in [0.4, 0.5) is 0 Å². The van der Waals surface area contributed by atoms with Crippen molar-refractivity contribution in [3.05, 3.63) is 29.8 Å². The van der Waals surface area contributed by atoms with Crippen LogP contribution >= 0.6 is 0 Å². The molecule has 1 N–H and O–H groups in total. The smallest absolute Gasteiger partial charge is 0.123 e. The van der Waals surface area contributed by atoms with Crippen LogP contribution in [0.1, 0.15) is 52.5 Å². The third-order valence-electron chi connectivity index (χ3n) is 3.20. The van der Waals surface area contributed by atoms with Gasteiger partial charge in [-0.1, -0.05) is 45.9 Å². The Labute approximate surface area is 112 Å². The van der Waals surface area contributed by atoms with Gasteiger partial charge in [0, 0.05) is 12.6 Å². The van der Waals surface area contributed by atoms with Crippen molar-refractivity contribution in [1.82, 2.24) is 5.32 Å². The van der Waals surface area contributed by atoms with Crippen LogP contribution in [0.15, 0.2) is 24.3 Å². The molecule has 18 heavy (non-hydrogen) atoms. The molecule has 2 atom stereocenters. The van der Waals surface area contributed by atoms with E-state index in [4.69, 9.17) is 4.74 Å². The van der Waals surface area contributed by atoms with E-state index in [9.17, 15) is 0 Å². The van der Waals surface area contributed by atoms with E-state index in [1.54, 1.807) is 0 Å². The summed E-state index contributed by atoms with van der Waals surface area (Å²) in [5.74, 6) is 1.58. The van der Waals surface area contributed by atoms with Gasteiger partial charge in [-0.05, 0) is 30.9 Å². The van der Waals surface area contributed by atoms with Crippen LogP contribution in [0.25, 0.3) is 0 Å². The summed E-state index contributed by atoms with van der Waals surface area (Å²) in [5, 5.41) is 3.40. The average Bonchev–Trinajstić information content (AvgIpc) is 2.36. The molecule has 0 saturated carbocycles. The molecule has 0 heterocycles. The Bertz CT molecular complexity index is 349. The number of hydrogen-bond donors (Lipinski definition) is 1. The predicted molar refractivity (Wildman–Crippen MR) is 78.4 cm³/mol. The minimum Gasteiger partial charge on any atom is -0.489 e. The van der Waals surface area contributed by atoms with Gasteiger partial charge in [-0.3, -0.25) is 0 Å². The lowest BCUT2D eigenvalue weighted by atomic mass is 9.98. The van der Waals surface area contributed by atoms with Gasteiger partial charge in [-0.15, -0.1) is 0 Å². The second-order valence-corrected chi connectivity index (χ2v) is 5.34. The number of benzene rings is 1. The largest absolute Gasteiger partial charge is 0.489 e. The SMILES string of the molecule is CCC(C)c1ccccc1OC(C)CNC(C)C. The van der Waals surface area contributed by atoms with Crippen molar-refractivity contribution in [2.24, 2.45) is 0 Å². The van der Waals surface area contributed by atoms with Crippen molar-refractivity contribution in [3.63, 3.8) is 0 Å². The summed E-state index contributed by atoms with van der Waals surface area (Å²) in [7, 11) is 0. The van der Waals surface area contributed by atoms with E-state index in [2.05, 4.69) is 58.1 Å². The molecule has 0 spiro atoms. The fraction of sp³-hybridized carbons (Fsp3) is 0.625. The Morgan fingerprint density at radius 3 is 2.39 bits per heavy atom. The molecule has 0 aliphatic heterocycles. The van der Waals surface area contributed by atoms with E-state index in [1.165, 1.54) is 5.56 Å². The Morgan fingerprint density at radius 1 is 1.11 bits per heavy atom. The van der Waals surface area contributed by atoms with Crippen molar-refractivity contribution in [3.8, 4) is 5.75 Å². The summed E-state index contributed by atoms with van der Waals surface area (Å²) >= 11 is 0. The van der Waals surface area contributed by atoms with Crippen molar-refractivity contribution >= 4 is 0 Å². The molecule has 0 radical (unpaired) electrons. The summed E-state index contributed by atoms with van der Waals surface area (Å²) < 4.78 is 6.06. The van der Waals surface area contributed by atoms with Crippen LogP contribution in [-0.4, -0.2) is 18.7 Å². The van der Waals surface area contributed by atoms with E-state index in [1.807, 2.05) is 6.07 Å². The number of ether oxygens (including phenoxy) is 1. The fourth-order valence-corrected chi connectivity index (χ4v) is 1.87. The number of hydrogen-bond acceptors (Lipinski definition) is 2. The molecular weight excluding hydrogens is 222 g/mol. The monoisotopic (exact) mass is 249 g/mol. The van der Waals surface area contributed by atoms with E-state index in [-0.39, 0.29) is 6.10 Å². The second-order valence-electron chi connectivity index (χ2n) is 5.34. The maximum absolute atomic E-state index is 6.06. The Hall–Kier alpha value is -1.02. The predicted octanol–water partition coefficient (Wildman–Crippen LogP) is 3.97. The molecule has 0 fully saturated rings. The highest BCUT2D eigenvalue weighted by Crippen LogP contribution is 2.28. The zero-order valence-corrected chi connectivity index (χ0v) is 12.4. The Morgan fingerprint density at radius 2 is 1.78 bits per heavy atom. The van der Waals surface area contributed by atoms with E-state index in [0.717, 1.165) is 18.7 Å². The second kappa shape index (κ2) is 7.42. The van der Waals surface area contributed by atoms with Crippen molar-refractivity contribution < 1.29 is 4.74 Å². The zero-order valence-electron chi connectivity index (χ0n) is 12.4. The molecule has 0 saturated heterocycles. The van der Waals surface area contributed by atoms with Gasteiger partial charge < -0.3 is 10.1 Å². The first-order chi connectivity index (χ1) is 8.54. The summed E-state index contributed by atoms with van der Waals surface area (Å²) in [6.07, 6.45) is 1.33. The maximum atomic E-state index is 6.06. The Balaban J connectivity index is 2.66. The zero-order chi connectivity index (χ0) is 13.5. The first kappa shape index (κ1) is 15.0. The topological polar surface area (TPSA) is 21.3 Å². The third-order valence-corrected chi connectivity index (χ3v) is 3.20. The van der Waals surface area contributed by atoms with E-state index >= 15 is 0 Å². The highest BCUT2D eigenvalue weighted by atomic mass is 16.5. The van der Waals surface area contributed by atoms with Gasteiger partial charge in [0.25, 0.3) is 0 Å². The van der Waals surface area contributed by atoms with Gasteiger partial charge in [0.1, 0.15) is 11.9 Å². The van der Waals surface area contributed by atoms with Gasteiger partial charge in [0.05, 0.1) is 0 Å². The lowest BCUT2D eigenvalue weighted by Gasteiger charge is -2.21. The summed E-state index contributed by atoms with van der Waals surface area (Å²) in [6.45, 7) is 11.8. The third kappa shape index (κ3) is 4.69. The molecule has 1 aromatic carbocycles.